The molecule has 1 aromatic rings. The lowest BCUT2D eigenvalue weighted by molar-refractivity contribution is -0.121. The van der Waals surface area contributed by atoms with Crippen molar-refractivity contribution in [3.05, 3.63) is 17.7 Å². The minimum atomic E-state index is -0.211. The summed E-state index contributed by atoms with van der Waals surface area (Å²) in [5.74, 6) is 3.17. The van der Waals surface area contributed by atoms with Crippen LogP contribution in [0.5, 0.6) is 11.5 Å². The number of nitrogens with zero attached hydrogens (tertiary/aromatic N) is 1. The molecule has 1 heterocycles. The van der Waals surface area contributed by atoms with Crippen LogP contribution in [0.15, 0.2) is 12.1 Å². The van der Waals surface area contributed by atoms with Gasteiger partial charge in [-0.3, -0.25) is 9.69 Å². The molecule has 0 saturated heterocycles. The van der Waals surface area contributed by atoms with Crippen LogP contribution in [0.2, 0.25) is 0 Å². The highest BCUT2D eigenvalue weighted by molar-refractivity contribution is 5.99. The standard InChI is InChI=1S/C13H13NO4/c1-3-4-14-10-5-9(7-15)6-11(17-2)13(10)18-8-12(14)16/h1,5-6,15H,4,7-8H2,2H3. The van der Waals surface area contributed by atoms with E-state index in [1.807, 2.05) is 0 Å². The Morgan fingerprint density at radius 1 is 1.61 bits per heavy atom. The maximum absolute atomic E-state index is 11.7. The number of amides is 1. The largest absolute Gasteiger partial charge is 0.493 e. The molecule has 0 saturated carbocycles. The van der Waals surface area contributed by atoms with Crippen molar-refractivity contribution in [2.24, 2.45) is 0 Å². The number of aliphatic hydroxyl groups excluding tert-OH is 1. The van der Waals surface area contributed by atoms with Crippen molar-refractivity contribution >= 4 is 11.6 Å². The van der Waals surface area contributed by atoms with Crippen molar-refractivity contribution in [2.75, 3.05) is 25.2 Å². The number of aliphatic hydroxyl groups is 1. The Morgan fingerprint density at radius 3 is 3.00 bits per heavy atom. The van der Waals surface area contributed by atoms with Gasteiger partial charge < -0.3 is 14.6 Å². The van der Waals surface area contributed by atoms with Crippen LogP contribution in [-0.4, -0.2) is 31.3 Å². The van der Waals surface area contributed by atoms with E-state index in [0.29, 0.717) is 22.7 Å². The van der Waals surface area contributed by atoms with Gasteiger partial charge in [0.15, 0.2) is 18.1 Å². The number of carbonyl (C=O) groups is 1. The molecule has 0 atom stereocenters. The van der Waals surface area contributed by atoms with Crippen molar-refractivity contribution in [1.29, 1.82) is 0 Å². The molecular formula is C13H13NO4. The first-order chi connectivity index (χ1) is 8.71. The lowest BCUT2D eigenvalue weighted by atomic mass is 10.1. The number of terminal acetylenes is 1. The van der Waals surface area contributed by atoms with E-state index < -0.39 is 0 Å². The quantitative estimate of drug-likeness (QED) is 0.792. The Kier molecular flexibility index (Phi) is 3.40. The number of rotatable bonds is 3. The Bertz CT molecular complexity index is 518. The molecule has 94 valence electrons. The summed E-state index contributed by atoms with van der Waals surface area (Å²) >= 11 is 0. The van der Waals surface area contributed by atoms with Gasteiger partial charge in [-0.05, 0) is 17.7 Å². The second kappa shape index (κ2) is 4.98. The first-order valence-corrected chi connectivity index (χ1v) is 5.39. The summed E-state index contributed by atoms with van der Waals surface area (Å²) in [5, 5.41) is 9.20. The zero-order chi connectivity index (χ0) is 13.1. The minimum Gasteiger partial charge on any atom is -0.493 e. The number of hydrogen-bond acceptors (Lipinski definition) is 4. The van der Waals surface area contributed by atoms with Gasteiger partial charge >= 0.3 is 0 Å². The maximum Gasteiger partial charge on any atom is 0.265 e. The lowest BCUT2D eigenvalue weighted by Crippen LogP contribution is -2.39. The van der Waals surface area contributed by atoms with Gasteiger partial charge in [0.2, 0.25) is 0 Å². The van der Waals surface area contributed by atoms with Crippen molar-refractivity contribution in [3.8, 4) is 23.8 Å². The normalized spacial score (nSPS) is 13.6. The second-order valence-corrected chi connectivity index (χ2v) is 3.78. The number of anilines is 1. The third-order valence-corrected chi connectivity index (χ3v) is 2.68. The van der Waals surface area contributed by atoms with Gasteiger partial charge in [-0.15, -0.1) is 6.42 Å². The molecule has 0 unspecified atom stereocenters. The molecule has 2 rings (SSSR count). The van der Waals surface area contributed by atoms with Crippen LogP contribution >= 0.6 is 0 Å². The molecule has 5 nitrogen and oxygen atoms in total. The summed E-state index contributed by atoms with van der Waals surface area (Å²) in [5.41, 5.74) is 1.17. The fourth-order valence-electron chi connectivity index (χ4n) is 1.84. The van der Waals surface area contributed by atoms with Gasteiger partial charge in [-0.2, -0.15) is 0 Å². The summed E-state index contributed by atoms with van der Waals surface area (Å²) < 4.78 is 10.6. The molecule has 1 aliphatic heterocycles. The molecule has 0 aromatic heterocycles. The van der Waals surface area contributed by atoms with Crippen LogP contribution in [0.25, 0.3) is 0 Å². The summed E-state index contributed by atoms with van der Waals surface area (Å²) in [6, 6.07) is 3.34. The smallest absolute Gasteiger partial charge is 0.265 e. The fraction of sp³-hybridized carbons (Fsp3) is 0.308. The summed E-state index contributed by atoms with van der Waals surface area (Å²) in [6.07, 6.45) is 5.25. The predicted molar refractivity (Wildman–Crippen MR) is 65.6 cm³/mol. The summed E-state index contributed by atoms with van der Waals surface area (Å²) in [7, 11) is 1.50. The number of carbonyl (C=O) groups excluding carboxylic acids is 1. The van der Waals surface area contributed by atoms with Crippen LogP contribution in [-0.2, 0) is 11.4 Å². The molecule has 1 amide bonds. The van der Waals surface area contributed by atoms with Gasteiger partial charge in [0.25, 0.3) is 5.91 Å². The van der Waals surface area contributed by atoms with E-state index in [0.717, 1.165) is 0 Å². The Balaban J connectivity index is 2.55. The number of hydrogen-bond donors (Lipinski definition) is 1. The second-order valence-electron chi connectivity index (χ2n) is 3.78. The first-order valence-electron chi connectivity index (χ1n) is 5.39. The number of ether oxygens (including phenoxy) is 2. The van der Waals surface area contributed by atoms with Crippen molar-refractivity contribution in [2.45, 2.75) is 6.61 Å². The monoisotopic (exact) mass is 247 g/mol. The van der Waals surface area contributed by atoms with E-state index >= 15 is 0 Å². The van der Waals surface area contributed by atoms with Crippen LogP contribution in [0.3, 0.4) is 0 Å². The molecule has 0 bridgehead atoms. The number of fused-ring (bicyclic) bond motifs is 1. The molecule has 5 heteroatoms. The van der Waals surface area contributed by atoms with Gasteiger partial charge in [-0.25, -0.2) is 0 Å². The van der Waals surface area contributed by atoms with Crippen LogP contribution in [0.4, 0.5) is 5.69 Å². The summed E-state index contributed by atoms with van der Waals surface area (Å²) in [6.45, 7) is -0.0571. The Labute approximate surface area is 105 Å². The van der Waals surface area contributed by atoms with Crippen molar-refractivity contribution < 1.29 is 19.4 Å². The lowest BCUT2D eigenvalue weighted by Gasteiger charge is -2.29. The van der Waals surface area contributed by atoms with Gasteiger partial charge in [0.05, 0.1) is 25.9 Å². The molecule has 0 spiro atoms. The van der Waals surface area contributed by atoms with Gasteiger partial charge in [0.1, 0.15) is 0 Å². The zero-order valence-electron chi connectivity index (χ0n) is 9.97. The minimum absolute atomic E-state index is 0.0660. The predicted octanol–water partition coefficient (Wildman–Crippen LogP) is 0.546. The topological polar surface area (TPSA) is 59.0 Å². The average Bonchev–Trinajstić information content (AvgIpc) is 2.40. The van der Waals surface area contributed by atoms with E-state index in [1.54, 1.807) is 12.1 Å². The fourth-order valence-corrected chi connectivity index (χ4v) is 1.84. The molecule has 1 aromatic carbocycles. The number of benzene rings is 1. The maximum atomic E-state index is 11.7. The van der Waals surface area contributed by atoms with E-state index in [9.17, 15) is 9.90 Å². The summed E-state index contributed by atoms with van der Waals surface area (Å²) in [4.78, 5) is 13.2. The van der Waals surface area contributed by atoms with E-state index in [4.69, 9.17) is 15.9 Å². The highest BCUT2D eigenvalue weighted by atomic mass is 16.5. The van der Waals surface area contributed by atoms with Crippen LogP contribution in [0.1, 0.15) is 5.56 Å². The Morgan fingerprint density at radius 2 is 2.39 bits per heavy atom. The van der Waals surface area contributed by atoms with Gasteiger partial charge in [0, 0.05) is 0 Å². The Hall–Kier alpha value is -2.19. The van der Waals surface area contributed by atoms with Crippen molar-refractivity contribution in [3.63, 3.8) is 0 Å². The SMILES string of the molecule is C#CCN1C(=O)COc2c(OC)cc(CO)cc21. The molecule has 1 aliphatic rings. The third kappa shape index (κ3) is 1.98. The number of methoxy groups -OCH3 is 1. The van der Waals surface area contributed by atoms with Crippen LogP contribution in [0, 0.1) is 12.3 Å². The van der Waals surface area contributed by atoms with E-state index in [1.165, 1.54) is 12.0 Å². The average molecular weight is 247 g/mol. The van der Waals surface area contributed by atoms with Gasteiger partial charge in [-0.1, -0.05) is 5.92 Å². The third-order valence-electron chi connectivity index (χ3n) is 2.68. The first kappa shape index (κ1) is 12.3. The van der Waals surface area contributed by atoms with E-state index in [2.05, 4.69) is 5.92 Å². The highest BCUT2D eigenvalue weighted by Crippen LogP contribution is 2.41. The molecule has 0 fully saturated rings. The molecule has 0 radical (unpaired) electrons. The molecule has 1 N–H and O–H groups in total. The zero-order valence-corrected chi connectivity index (χ0v) is 9.97. The van der Waals surface area contributed by atoms with Crippen molar-refractivity contribution in [1.82, 2.24) is 0 Å². The highest BCUT2D eigenvalue weighted by Gasteiger charge is 2.28. The molecular weight excluding hydrogens is 234 g/mol. The molecule has 18 heavy (non-hydrogen) atoms. The van der Waals surface area contributed by atoms with E-state index in [-0.39, 0.29) is 25.7 Å². The molecule has 0 aliphatic carbocycles. The van der Waals surface area contributed by atoms with Crippen LogP contribution < -0.4 is 14.4 Å².